The van der Waals surface area contributed by atoms with Crippen molar-refractivity contribution in [3.63, 3.8) is 0 Å². The molecule has 1 N–H and O–H groups in total. The summed E-state index contributed by atoms with van der Waals surface area (Å²) in [5.74, 6) is 1.02. The Bertz CT molecular complexity index is 898. The summed E-state index contributed by atoms with van der Waals surface area (Å²) in [6.07, 6.45) is 2.27. The van der Waals surface area contributed by atoms with Crippen LogP contribution in [0.5, 0.6) is 0 Å². The second-order valence-corrected chi connectivity index (χ2v) is 8.71. The summed E-state index contributed by atoms with van der Waals surface area (Å²) in [5, 5.41) is 6.40. The first-order chi connectivity index (χ1) is 15.0. The summed E-state index contributed by atoms with van der Waals surface area (Å²) in [5.41, 5.74) is 3.63. The van der Waals surface area contributed by atoms with E-state index >= 15 is 0 Å². The molecule has 2 aromatic rings. The number of hydrogen-bond acceptors (Lipinski definition) is 5. The van der Waals surface area contributed by atoms with Crippen LogP contribution in [0.1, 0.15) is 47.7 Å². The van der Waals surface area contributed by atoms with Crippen LogP contribution in [0, 0.1) is 0 Å². The number of benzene rings is 1. The van der Waals surface area contributed by atoms with Crippen LogP contribution in [0.15, 0.2) is 34.6 Å². The summed E-state index contributed by atoms with van der Waals surface area (Å²) in [7, 11) is 5.46. The quantitative estimate of drug-likeness (QED) is 0.385. The van der Waals surface area contributed by atoms with E-state index in [9.17, 15) is 4.79 Å². The fourth-order valence-corrected chi connectivity index (χ4v) is 4.53. The lowest BCUT2D eigenvalue weighted by Gasteiger charge is -2.29. The van der Waals surface area contributed by atoms with Crippen molar-refractivity contribution in [3.05, 3.63) is 51.5 Å². The Kier molecular flexibility index (Phi) is 8.43. The summed E-state index contributed by atoms with van der Waals surface area (Å²) < 4.78 is 5.34. The Labute approximate surface area is 189 Å². The van der Waals surface area contributed by atoms with Gasteiger partial charge in [0.05, 0.1) is 12.2 Å². The molecule has 1 amide bonds. The molecule has 0 saturated carbocycles. The third-order valence-electron chi connectivity index (χ3n) is 5.58. The number of hydrogen-bond donors (Lipinski definition) is 1. The molecule has 1 aromatic heterocycles. The number of carbonyl (C=O) groups is 1. The van der Waals surface area contributed by atoms with E-state index in [0.29, 0.717) is 19.5 Å². The van der Waals surface area contributed by atoms with Crippen LogP contribution in [0.2, 0.25) is 0 Å². The van der Waals surface area contributed by atoms with E-state index in [-0.39, 0.29) is 12.0 Å². The van der Waals surface area contributed by atoms with Crippen molar-refractivity contribution in [2.45, 2.75) is 45.4 Å². The molecule has 0 bridgehead atoms. The van der Waals surface area contributed by atoms with Crippen molar-refractivity contribution < 1.29 is 9.53 Å². The van der Waals surface area contributed by atoms with Gasteiger partial charge in [-0.25, -0.2) is 4.98 Å². The van der Waals surface area contributed by atoms with Crippen LogP contribution in [0.3, 0.4) is 0 Å². The molecule has 0 radical (unpaired) electrons. The Morgan fingerprint density at radius 2 is 2.16 bits per heavy atom. The van der Waals surface area contributed by atoms with Gasteiger partial charge in [-0.05, 0) is 30.9 Å². The second kappa shape index (κ2) is 11.2. The first kappa shape index (κ1) is 23.2. The number of aliphatic imine (C=N–C) groups is 1. The lowest BCUT2D eigenvalue weighted by Crippen LogP contribution is -2.39. The van der Waals surface area contributed by atoms with Crippen LogP contribution < -0.4 is 5.32 Å². The van der Waals surface area contributed by atoms with E-state index in [1.165, 1.54) is 11.1 Å². The average molecular weight is 444 g/mol. The zero-order valence-corrected chi connectivity index (χ0v) is 19.7. The highest BCUT2D eigenvalue weighted by Crippen LogP contribution is 2.21. The number of thiazole rings is 1. The fraction of sp³-hybridized carbons (Fsp3) is 0.522. The maximum Gasteiger partial charge on any atom is 0.222 e. The predicted molar refractivity (Wildman–Crippen MR) is 125 cm³/mol. The number of fused-ring (bicyclic) bond motifs is 1. The van der Waals surface area contributed by atoms with Crippen molar-refractivity contribution in [2.75, 3.05) is 34.3 Å². The fourth-order valence-electron chi connectivity index (χ4n) is 3.69. The predicted octanol–water partition coefficient (Wildman–Crippen LogP) is 3.22. The smallest absolute Gasteiger partial charge is 0.222 e. The molecule has 0 saturated heterocycles. The molecule has 1 aliphatic heterocycles. The molecular weight excluding hydrogens is 410 g/mol. The van der Waals surface area contributed by atoms with Crippen LogP contribution in [0.25, 0.3) is 0 Å². The van der Waals surface area contributed by atoms with E-state index in [2.05, 4.69) is 38.9 Å². The maximum atomic E-state index is 12.6. The first-order valence-electron chi connectivity index (χ1n) is 10.7. The van der Waals surface area contributed by atoms with E-state index in [1.807, 2.05) is 29.8 Å². The monoisotopic (exact) mass is 443 g/mol. The number of nitrogens with one attached hydrogen (secondary N) is 1. The van der Waals surface area contributed by atoms with Crippen LogP contribution in [-0.4, -0.2) is 60.9 Å². The minimum Gasteiger partial charge on any atom is -0.375 e. The van der Waals surface area contributed by atoms with Crippen molar-refractivity contribution in [1.29, 1.82) is 0 Å². The van der Waals surface area contributed by atoms with E-state index < -0.39 is 0 Å². The van der Waals surface area contributed by atoms with Gasteiger partial charge in [-0.15, -0.1) is 11.3 Å². The minimum absolute atomic E-state index is 0.00686. The van der Waals surface area contributed by atoms with E-state index in [4.69, 9.17) is 4.74 Å². The number of nitrogens with zero attached hydrogens (tertiary/aromatic N) is 4. The number of aromatic nitrogens is 1. The van der Waals surface area contributed by atoms with Gasteiger partial charge in [0.25, 0.3) is 0 Å². The number of rotatable bonds is 8. The molecule has 1 atom stereocenters. The molecule has 31 heavy (non-hydrogen) atoms. The van der Waals surface area contributed by atoms with Gasteiger partial charge in [-0.3, -0.25) is 9.79 Å². The topological polar surface area (TPSA) is 70.1 Å². The summed E-state index contributed by atoms with van der Waals surface area (Å²) in [6.45, 7) is 4.90. The molecule has 1 unspecified atom stereocenters. The zero-order valence-electron chi connectivity index (χ0n) is 18.9. The highest BCUT2D eigenvalue weighted by molar-refractivity contribution is 7.09. The van der Waals surface area contributed by atoms with Crippen molar-refractivity contribution >= 4 is 23.2 Å². The highest BCUT2D eigenvalue weighted by Gasteiger charge is 2.20. The molecule has 0 spiro atoms. The number of methoxy groups -OCH3 is 1. The number of guanidine groups is 1. The van der Waals surface area contributed by atoms with Crippen LogP contribution >= 0.6 is 11.3 Å². The van der Waals surface area contributed by atoms with Gasteiger partial charge in [0.1, 0.15) is 11.1 Å². The molecule has 0 fully saturated rings. The largest absolute Gasteiger partial charge is 0.375 e. The second-order valence-electron chi connectivity index (χ2n) is 7.82. The highest BCUT2D eigenvalue weighted by atomic mass is 32.1. The summed E-state index contributed by atoms with van der Waals surface area (Å²) >= 11 is 1.61. The molecule has 1 aliphatic rings. The average Bonchev–Trinajstić information content (AvgIpc) is 3.26. The maximum absolute atomic E-state index is 12.6. The zero-order chi connectivity index (χ0) is 22.2. The van der Waals surface area contributed by atoms with Crippen molar-refractivity contribution in [1.82, 2.24) is 20.1 Å². The van der Waals surface area contributed by atoms with Crippen molar-refractivity contribution in [3.8, 4) is 0 Å². The van der Waals surface area contributed by atoms with Gasteiger partial charge in [0.2, 0.25) is 5.91 Å². The Hall–Kier alpha value is -2.45. The molecule has 3 rings (SSSR count). The first-order valence-corrected chi connectivity index (χ1v) is 11.6. The third kappa shape index (κ3) is 6.27. The minimum atomic E-state index is 0.00686. The molecule has 0 aliphatic carbocycles. The number of amides is 1. The SMILES string of the molecule is CN=C(NCCCC(=O)N1CCc2ccccc2C1)N(C)Cc1csc(C(C)OC)n1. The van der Waals surface area contributed by atoms with Gasteiger partial charge >= 0.3 is 0 Å². The van der Waals surface area contributed by atoms with E-state index in [0.717, 1.165) is 42.6 Å². The molecule has 7 nitrogen and oxygen atoms in total. The third-order valence-corrected chi connectivity index (χ3v) is 6.63. The van der Waals surface area contributed by atoms with E-state index in [1.54, 1.807) is 25.5 Å². The van der Waals surface area contributed by atoms with Crippen molar-refractivity contribution in [2.24, 2.45) is 4.99 Å². The Morgan fingerprint density at radius 1 is 1.39 bits per heavy atom. The van der Waals surface area contributed by atoms with Crippen LogP contribution in [0.4, 0.5) is 0 Å². The molecular formula is C23H33N5O2S. The van der Waals surface area contributed by atoms with Gasteiger partial charge in [0, 0.05) is 52.6 Å². The summed E-state index contributed by atoms with van der Waals surface area (Å²) in [4.78, 5) is 25.6. The molecule has 168 valence electrons. The Balaban J connectivity index is 1.40. The number of ether oxygens (including phenoxy) is 1. The molecule has 8 heteroatoms. The van der Waals surface area contributed by atoms with Gasteiger partial charge in [-0.2, -0.15) is 0 Å². The lowest BCUT2D eigenvalue weighted by molar-refractivity contribution is -0.132. The number of carbonyl (C=O) groups excluding carboxylic acids is 1. The van der Waals surface area contributed by atoms with Gasteiger partial charge in [-0.1, -0.05) is 24.3 Å². The van der Waals surface area contributed by atoms with Gasteiger partial charge < -0.3 is 19.9 Å². The standard InChI is InChI=1S/C23H33N5O2S/c1-17(30-4)22-26-20(16-31-22)15-27(3)23(24-2)25-12-7-10-21(29)28-13-11-18-8-5-6-9-19(18)14-28/h5-6,8-9,16-17H,7,10-15H2,1-4H3,(H,24,25). The molecule has 2 heterocycles. The lowest BCUT2D eigenvalue weighted by atomic mass is 9.99. The van der Waals surface area contributed by atoms with Crippen LogP contribution in [-0.2, 0) is 29.0 Å². The van der Waals surface area contributed by atoms with Gasteiger partial charge in [0.15, 0.2) is 5.96 Å². The molecule has 1 aromatic carbocycles. The Morgan fingerprint density at radius 3 is 2.90 bits per heavy atom. The summed E-state index contributed by atoms with van der Waals surface area (Å²) in [6, 6.07) is 8.40. The normalized spacial score (nSPS) is 14.8.